The van der Waals surface area contributed by atoms with E-state index in [4.69, 9.17) is 9.72 Å². The van der Waals surface area contributed by atoms with Crippen LogP contribution in [0.1, 0.15) is 69.3 Å². The molecule has 1 amide bonds. The number of aromatic nitrogens is 3. The van der Waals surface area contributed by atoms with Crippen LogP contribution in [0.15, 0.2) is 18.2 Å². The summed E-state index contributed by atoms with van der Waals surface area (Å²) in [7, 11) is 1.96. The molecule has 5 heterocycles. The highest BCUT2D eigenvalue weighted by molar-refractivity contribution is 5.84. The summed E-state index contributed by atoms with van der Waals surface area (Å²) in [4.78, 5) is 20.5. The van der Waals surface area contributed by atoms with Gasteiger partial charge in [-0.1, -0.05) is 32.8 Å². The molecule has 0 saturated carbocycles. The molecule has 7 nitrogen and oxygen atoms in total. The highest BCUT2D eigenvalue weighted by Crippen LogP contribution is 2.41. The molecule has 0 aromatic carbocycles. The molecule has 2 aromatic rings. The van der Waals surface area contributed by atoms with Crippen LogP contribution in [0.3, 0.4) is 0 Å². The second-order valence-electron chi connectivity index (χ2n) is 8.65. The Balaban J connectivity index is 0.00000112. The van der Waals surface area contributed by atoms with Crippen LogP contribution in [0.4, 0.5) is 11.6 Å². The summed E-state index contributed by atoms with van der Waals surface area (Å²) in [5.41, 5.74) is 3.07. The van der Waals surface area contributed by atoms with Crippen molar-refractivity contribution in [1.29, 1.82) is 0 Å². The third kappa shape index (κ3) is 4.33. The molecule has 1 saturated heterocycles. The zero-order chi connectivity index (χ0) is 21.8. The van der Waals surface area contributed by atoms with Crippen molar-refractivity contribution in [2.45, 2.75) is 71.9 Å². The van der Waals surface area contributed by atoms with E-state index in [2.05, 4.69) is 22.5 Å². The molecule has 0 unspecified atom stereocenters. The molecule has 7 heteroatoms. The fourth-order valence-corrected chi connectivity index (χ4v) is 5.06. The van der Waals surface area contributed by atoms with Gasteiger partial charge in [0.05, 0.1) is 24.2 Å². The van der Waals surface area contributed by atoms with Crippen molar-refractivity contribution in [3.8, 4) is 0 Å². The van der Waals surface area contributed by atoms with Gasteiger partial charge < -0.3 is 15.0 Å². The van der Waals surface area contributed by atoms with Crippen molar-refractivity contribution in [2.24, 2.45) is 12.5 Å². The average Bonchev–Trinajstić information content (AvgIpc) is 3.36. The fraction of sp³-hybridized carbons (Fsp3) is 0.625. The van der Waals surface area contributed by atoms with Gasteiger partial charge in [-0.3, -0.25) is 9.48 Å². The molecule has 2 aromatic heterocycles. The number of hydrogen-bond acceptors (Lipinski definition) is 5. The summed E-state index contributed by atoms with van der Waals surface area (Å²) in [5.74, 6) is 1.94. The van der Waals surface area contributed by atoms with Crippen LogP contribution >= 0.6 is 0 Å². The third-order valence-corrected chi connectivity index (χ3v) is 6.80. The molecule has 0 aliphatic carbocycles. The zero-order valence-electron chi connectivity index (χ0n) is 19.1. The Hall–Kier alpha value is -2.41. The maximum Gasteiger partial charge on any atom is 0.229 e. The van der Waals surface area contributed by atoms with Crippen LogP contribution in [-0.2, 0) is 36.1 Å². The summed E-state index contributed by atoms with van der Waals surface area (Å²) in [6.45, 7) is 6.63. The number of fused-ring (bicyclic) bond motifs is 3. The SMILES string of the molecule is CC.Cn1nc2c3c1CN(C3)C(=O)C1(CCCCCc3cccc(n3)N2)CCOCC1. The second kappa shape index (κ2) is 9.39. The second-order valence-corrected chi connectivity index (χ2v) is 8.65. The number of nitrogens with zero attached hydrogens (tertiary/aromatic N) is 4. The third-order valence-electron chi connectivity index (χ3n) is 6.80. The zero-order valence-corrected chi connectivity index (χ0v) is 19.1. The van der Waals surface area contributed by atoms with E-state index in [9.17, 15) is 4.79 Å². The summed E-state index contributed by atoms with van der Waals surface area (Å²) in [6, 6.07) is 6.13. The number of carbonyl (C=O) groups is 1. The fourth-order valence-electron chi connectivity index (χ4n) is 5.06. The number of hydrogen-bond donors (Lipinski definition) is 1. The lowest BCUT2D eigenvalue weighted by Gasteiger charge is -2.38. The molecule has 0 radical (unpaired) electrons. The quantitative estimate of drug-likeness (QED) is 0.680. The number of amides is 1. The summed E-state index contributed by atoms with van der Waals surface area (Å²) in [6.07, 6.45) is 6.90. The van der Waals surface area contributed by atoms with Gasteiger partial charge in [0.25, 0.3) is 0 Å². The molecule has 5 rings (SSSR count). The molecule has 1 spiro atoms. The Kier molecular flexibility index (Phi) is 6.60. The number of rotatable bonds is 0. The van der Waals surface area contributed by atoms with Gasteiger partial charge >= 0.3 is 0 Å². The lowest BCUT2D eigenvalue weighted by molar-refractivity contribution is -0.149. The first-order valence-corrected chi connectivity index (χ1v) is 11.8. The van der Waals surface area contributed by atoms with Crippen LogP contribution in [0, 0.1) is 5.41 Å². The first kappa shape index (κ1) is 21.8. The molecule has 3 aliphatic heterocycles. The molecular formula is C24H35N5O2. The highest BCUT2D eigenvalue weighted by Gasteiger charge is 2.44. The van der Waals surface area contributed by atoms with E-state index >= 15 is 0 Å². The molecule has 4 bridgehead atoms. The number of ether oxygens (including phenoxy) is 1. The largest absolute Gasteiger partial charge is 0.381 e. The first-order chi connectivity index (χ1) is 15.1. The minimum atomic E-state index is -0.267. The van der Waals surface area contributed by atoms with Crippen molar-refractivity contribution in [1.82, 2.24) is 19.7 Å². The normalized spacial score (nSPS) is 20.4. The number of carbonyl (C=O) groups excluding carboxylic acids is 1. The number of nitrogens with one attached hydrogen (secondary N) is 1. The lowest BCUT2D eigenvalue weighted by atomic mass is 9.74. The molecular weight excluding hydrogens is 390 g/mol. The van der Waals surface area contributed by atoms with Gasteiger partial charge in [0, 0.05) is 31.5 Å². The maximum absolute atomic E-state index is 13.7. The molecule has 3 aliphatic rings. The Bertz CT molecular complexity index is 917. The van der Waals surface area contributed by atoms with Crippen molar-refractivity contribution < 1.29 is 9.53 Å². The Labute approximate surface area is 185 Å². The standard InChI is InChI=1S/C22H29N5O2.C2H6/c1-26-18-15-27-14-17(18)20(25-26)24-19-8-5-7-16(23-19)6-3-2-4-9-22(21(27)28)10-12-29-13-11-22;1-2/h5,7-8H,2-4,6,9-15H2,1H3,(H,23,24,25);1-2H3. The van der Waals surface area contributed by atoms with Crippen LogP contribution < -0.4 is 5.32 Å². The van der Waals surface area contributed by atoms with Gasteiger partial charge in [0.15, 0.2) is 5.82 Å². The van der Waals surface area contributed by atoms with Crippen molar-refractivity contribution in [2.75, 3.05) is 18.5 Å². The van der Waals surface area contributed by atoms with Gasteiger partial charge in [0.2, 0.25) is 5.91 Å². The first-order valence-electron chi connectivity index (χ1n) is 11.8. The smallest absolute Gasteiger partial charge is 0.229 e. The topological polar surface area (TPSA) is 72.3 Å². The number of anilines is 2. The molecule has 31 heavy (non-hydrogen) atoms. The van der Waals surface area contributed by atoms with Crippen LogP contribution in [0.5, 0.6) is 0 Å². The van der Waals surface area contributed by atoms with Gasteiger partial charge in [-0.15, -0.1) is 0 Å². The molecule has 1 N–H and O–H groups in total. The number of aryl methyl sites for hydroxylation is 2. The van der Waals surface area contributed by atoms with Gasteiger partial charge in [-0.2, -0.15) is 5.10 Å². The molecule has 1 fully saturated rings. The van der Waals surface area contributed by atoms with Crippen molar-refractivity contribution in [3.05, 3.63) is 35.2 Å². The molecule has 0 atom stereocenters. The molecule has 168 valence electrons. The Morgan fingerprint density at radius 2 is 1.87 bits per heavy atom. The van der Waals surface area contributed by atoms with E-state index in [1.807, 2.05) is 36.5 Å². The lowest BCUT2D eigenvalue weighted by Crippen LogP contribution is -2.45. The maximum atomic E-state index is 13.7. The van der Waals surface area contributed by atoms with Crippen LogP contribution in [0.2, 0.25) is 0 Å². The summed E-state index contributed by atoms with van der Waals surface area (Å²) >= 11 is 0. The van der Waals surface area contributed by atoms with Crippen LogP contribution in [-0.4, -0.2) is 38.8 Å². The van der Waals surface area contributed by atoms with E-state index in [0.29, 0.717) is 32.2 Å². The van der Waals surface area contributed by atoms with E-state index < -0.39 is 0 Å². The predicted octanol–water partition coefficient (Wildman–Crippen LogP) is 4.34. The minimum absolute atomic E-state index is 0.267. The Morgan fingerprint density at radius 3 is 2.68 bits per heavy atom. The average molecular weight is 426 g/mol. The number of pyridine rings is 1. The van der Waals surface area contributed by atoms with E-state index in [-0.39, 0.29) is 5.41 Å². The van der Waals surface area contributed by atoms with Crippen molar-refractivity contribution >= 4 is 17.5 Å². The summed E-state index contributed by atoms with van der Waals surface area (Å²) < 4.78 is 7.52. The van der Waals surface area contributed by atoms with Gasteiger partial charge in [0.1, 0.15) is 5.82 Å². The van der Waals surface area contributed by atoms with E-state index in [0.717, 1.165) is 73.5 Å². The highest BCUT2D eigenvalue weighted by atomic mass is 16.5. The van der Waals surface area contributed by atoms with Gasteiger partial charge in [-0.25, -0.2) is 4.98 Å². The predicted molar refractivity (Wildman–Crippen MR) is 121 cm³/mol. The van der Waals surface area contributed by atoms with Gasteiger partial charge in [-0.05, 0) is 44.2 Å². The Morgan fingerprint density at radius 1 is 1.06 bits per heavy atom. The van der Waals surface area contributed by atoms with Crippen LogP contribution in [0.25, 0.3) is 0 Å². The van der Waals surface area contributed by atoms with Crippen molar-refractivity contribution in [3.63, 3.8) is 0 Å². The monoisotopic (exact) mass is 425 g/mol. The van der Waals surface area contributed by atoms with E-state index in [1.165, 1.54) is 0 Å². The minimum Gasteiger partial charge on any atom is -0.381 e. The summed E-state index contributed by atoms with van der Waals surface area (Å²) in [5, 5.41) is 8.07. The van der Waals surface area contributed by atoms with E-state index in [1.54, 1.807) is 0 Å².